The number of benzene rings is 1. The lowest BCUT2D eigenvalue weighted by atomic mass is 9.81. The Kier molecular flexibility index (Phi) is 5.11. The molecule has 0 radical (unpaired) electrons. The number of amides is 1. The van der Waals surface area contributed by atoms with Crippen molar-refractivity contribution in [3.8, 4) is 0 Å². The first-order valence-corrected chi connectivity index (χ1v) is 8.78. The molecule has 124 valence electrons. The summed E-state index contributed by atoms with van der Waals surface area (Å²) in [6, 6.07) is 7.75. The van der Waals surface area contributed by atoms with Gasteiger partial charge in [-0.25, -0.2) is 0 Å². The van der Waals surface area contributed by atoms with Crippen molar-refractivity contribution in [3.63, 3.8) is 0 Å². The van der Waals surface area contributed by atoms with Crippen LogP contribution in [-0.4, -0.2) is 35.7 Å². The van der Waals surface area contributed by atoms with E-state index in [4.69, 9.17) is 0 Å². The Hall–Kier alpha value is -1.68. The highest BCUT2D eigenvalue weighted by Crippen LogP contribution is 2.32. The first kappa shape index (κ1) is 16.2. The monoisotopic (exact) mass is 314 g/mol. The van der Waals surface area contributed by atoms with Gasteiger partial charge in [-0.2, -0.15) is 0 Å². The number of carbonyl (C=O) groups excluding carboxylic acids is 2. The number of nitrogens with zero attached hydrogens (tertiary/aromatic N) is 1. The molecule has 23 heavy (non-hydrogen) atoms. The molecule has 4 nitrogen and oxygen atoms in total. The molecule has 2 heterocycles. The molecule has 1 aromatic rings. The third-order valence-electron chi connectivity index (χ3n) is 5.25. The van der Waals surface area contributed by atoms with Crippen LogP contribution in [-0.2, 0) is 4.79 Å². The van der Waals surface area contributed by atoms with Gasteiger partial charge in [0.05, 0.1) is 0 Å². The Balaban J connectivity index is 1.57. The van der Waals surface area contributed by atoms with Gasteiger partial charge in [0.25, 0.3) is 0 Å². The fourth-order valence-electron chi connectivity index (χ4n) is 4.05. The van der Waals surface area contributed by atoms with Crippen LogP contribution in [0.25, 0.3) is 0 Å². The first-order chi connectivity index (χ1) is 11.1. The molecule has 0 aromatic heterocycles. The number of rotatable bonds is 4. The normalized spacial score (nSPS) is 24.7. The van der Waals surface area contributed by atoms with Crippen LogP contribution in [0.5, 0.6) is 0 Å². The third-order valence-corrected chi connectivity index (χ3v) is 5.25. The molecule has 2 aliphatic rings. The van der Waals surface area contributed by atoms with E-state index in [1.165, 1.54) is 38.8 Å². The van der Waals surface area contributed by atoms with E-state index >= 15 is 0 Å². The maximum atomic E-state index is 12.4. The quantitative estimate of drug-likeness (QED) is 0.866. The van der Waals surface area contributed by atoms with Gasteiger partial charge in [-0.1, -0.05) is 6.42 Å². The van der Waals surface area contributed by atoms with E-state index in [1.54, 1.807) is 19.1 Å². The van der Waals surface area contributed by atoms with Crippen LogP contribution in [0.3, 0.4) is 0 Å². The van der Waals surface area contributed by atoms with Gasteiger partial charge in [-0.15, -0.1) is 0 Å². The van der Waals surface area contributed by atoms with Crippen LogP contribution in [0, 0.1) is 5.92 Å². The summed E-state index contributed by atoms with van der Waals surface area (Å²) < 4.78 is 0. The van der Waals surface area contributed by atoms with Crippen molar-refractivity contribution in [2.24, 2.45) is 5.92 Å². The third kappa shape index (κ3) is 3.99. The molecule has 0 spiro atoms. The average molecular weight is 314 g/mol. The number of nitrogens with one attached hydrogen (secondary N) is 1. The molecule has 2 aliphatic heterocycles. The summed E-state index contributed by atoms with van der Waals surface area (Å²) in [4.78, 5) is 26.3. The minimum absolute atomic E-state index is 0.0440. The molecular weight excluding hydrogens is 288 g/mol. The second-order valence-electron chi connectivity index (χ2n) is 6.89. The SMILES string of the molecule is CC(=O)c1ccc(NC(=O)C[C@@H]2CCCN3CCCC[C@H]23)cc1. The van der Waals surface area contributed by atoms with E-state index in [-0.39, 0.29) is 11.7 Å². The van der Waals surface area contributed by atoms with Crippen LogP contribution in [0.1, 0.15) is 55.8 Å². The number of hydrogen-bond acceptors (Lipinski definition) is 3. The van der Waals surface area contributed by atoms with Gasteiger partial charge in [-0.05, 0) is 75.9 Å². The predicted octanol–water partition coefficient (Wildman–Crippen LogP) is 3.48. The molecule has 1 N–H and O–H groups in total. The van der Waals surface area contributed by atoms with Gasteiger partial charge < -0.3 is 10.2 Å². The summed E-state index contributed by atoms with van der Waals surface area (Å²) in [5.41, 5.74) is 1.45. The fraction of sp³-hybridized carbons (Fsp3) is 0.579. The summed E-state index contributed by atoms with van der Waals surface area (Å²) in [5, 5.41) is 2.98. The Morgan fingerprint density at radius 1 is 1.09 bits per heavy atom. The summed E-state index contributed by atoms with van der Waals surface area (Å²) in [6.07, 6.45) is 6.82. The van der Waals surface area contributed by atoms with E-state index in [0.717, 1.165) is 12.1 Å². The van der Waals surface area contributed by atoms with Crippen molar-refractivity contribution in [3.05, 3.63) is 29.8 Å². The van der Waals surface area contributed by atoms with Crippen LogP contribution < -0.4 is 5.32 Å². The van der Waals surface area contributed by atoms with Crippen molar-refractivity contribution in [1.29, 1.82) is 0 Å². The number of anilines is 1. The molecule has 0 unspecified atom stereocenters. The fourth-order valence-corrected chi connectivity index (χ4v) is 4.05. The lowest BCUT2D eigenvalue weighted by Crippen LogP contribution is -2.48. The number of fused-ring (bicyclic) bond motifs is 1. The van der Waals surface area contributed by atoms with Crippen molar-refractivity contribution < 1.29 is 9.59 Å². The highest BCUT2D eigenvalue weighted by Gasteiger charge is 2.33. The molecule has 2 saturated heterocycles. The highest BCUT2D eigenvalue weighted by atomic mass is 16.1. The smallest absolute Gasteiger partial charge is 0.224 e. The van der Waals surface area contributed by atoms with Crippen LogP contribution in [0.15, 0.2) is 24.3 Å². The Labute approximate surface area is 138 Å². The summed E-state index contributed by atoms with van der Waals surface area (Å²) in [7, 11) is 0. The number of ketones is 1. The zero-order valence-corrected chi connectivity index (χ0v) is 13.9. The van der Waals surface area contributed by atoms with E-state index in [2.05, 4.69) is 10.2 Å². The molecule has 3 rings (SSSR count). The highest BCUT2D eigenvalue weighted by molar-refractivity contribution is 5.95. The van der Waals surface area contributed by atoms with Gasteiger partial charge in [0.1, 0.15) is 0 Å². The number of carbonyl (C=O) groups is 2. The van der Waals surface area contributed by atoms with E-state index < -0.39 is 0 Å². The lowest BCUT2D eigenvalue weighted by molar-refractivity contribution is -0.118. The van der Waals surface area contributed by atoms with Gasteiger partial charge in [0, 0.05) is 23.7 Å². The van der Waals surface area contributed by atoms with Crippen molar-refractivity contribution in [1.82, 2.24) is 4.90 Å². The number of piperidine rings is 2. The Morgan fingerprint density at radius 2 is 1.83 bits per heavy atom. The van der Waals surface area contributed by atoms with E-state index in [1.807, 2.05) is 12.1 Å². The van der Waals surface area contributed by atoms with E-state index in [9.17, 15) is 9.59 Å². The molecule has 1 amide bonds. The Bertz CT molecular complexity index is 565. The Morgan fingerprint density at radius 3 is 2.57 bits per heavy atom. The predicted molar refractivity (Wildman–Crippen MR) is 91.6 cm³/mol. The van der Waals surface area contributed by atoms with Gasteiger partial charge in [0.15, 0.2) is 5.78 Å². The molecule has 0 saturated carbocycles. The topological polar surface area (TPSA) is 49.4 Å². The maximum Gasteiger partial charge on any atom is 0.224 e. The molecule has 1 aromatic carbocycles. The minimum Gasteiger partial charge on any atom is -0.326 e. The molecular formula is C19H26N2O2. The molecule has 0 bridgehead atoms. The number of Topliss-reactive ketones (excluding diaryl/α,β-unsaturated/α-hetero) is 1. The van der Waals surface area contributed by atoms with Gasteiger partial charge in [0.2, 0.25) is 5.91 Å². The minimum atomic E-state index is 0.0440. The maximum absolute atomic E-state index is 12.4. The summed E-state index contributed by atoms with van der Waals surface area (Å²) >= 11 is 0. The van der Waals surface area contributed by atoms with Gasteiger partial charge in [-0.3, -0.25) is 9.59 Å². The van der Waals surface area contributed by atoms with Crippen molar-refractivity contribution in [2.75, 3.05) is 18.4 Å². The van der Waals surface area contributed by atoms with Crippen LogP contribution in [0.4, 0.5) is 5.69 Å². The average Bonchev–Trinajstić information content (AvgIpc) is 2.55. The summed E-state index contributed by atoms with van der Waals surface area (Å²) in [5.74, 6) is 0.626. The van der Waals surface area contributed by atoms with Gasteiger partial charge >= 0.3 is 0 Å². The van der Waals surface area contributed by atoms with Crippen LogP contribution in [0.2, 0.25) is 0 Å². The molecule has 4 heteroatoms. The second kappa shape index (κ2) is 7.26. The lowest BCUT2D eigenvalue weighted by Gasteiger charge is -2.44. The first-order valence-electron chi connectivity index (χ1n) is 8.78. The zero-order chi connectivity index (χ0) is 16.2. The van der Waals surface area contributed by atoms with Crippen LogP contribution >= 0.6 is 0 Å². The zero-order valence-electron chi connectivity index (χ0n) is 13.9. The largest absolute Gasteiger partial charge is 0.326 e. The molecule has 2 fully saturated rings. The number of hydrogen-bond donors (Lipinski definition) is 1. The summed E-state index contributed by atoms with van der Waals surface area (Å²) in [6.45, 7) is 3.96. The van der Waals surface area contributed by atoms with E-state index in [0.29, 0.717) is 23.9 Å². The standard InChI is InChI=1S/C19H26N2O2/c1-14(22)15-7-9-17(10-8-15)20-19(23)13-16-5-4-12-21-11-3-2-6-18(16)21/h7-10,16,18H,2-6,11-13H2,1H3,(H,20,23)/t16-,18+/m0/s1. The molecule has 0 aliphatic carbocycles. The van der Waals surface area contributed by atoms with Crippen molar-refractivity contribution >= 4 is 17.4 Å². The van der Waals surface area contributed by atoms with Crippen molar-refractivity contribution in [2.45, 2.75) is 51.5 Å². The molecule has 2 atom stereocenters. The second-order valence-corrected chi connectivity index (χ2v) is 6.89.